The predicted molar refractivity (Wildman–Crippen MR) is 69.2 cm³/mol. The van der Waals surface area contributed by atoms with Crippen LogP contribution in [-0.2, 0) is 0 Å². The van der Waals surface area contributed by atoms with E-state index in [1.54, 1.807) is 6.20 Å². The van der Waals surface area contributed by atoms with Crippen molar-refractivity contribution >= 4 is 16.7 Å². The van der Waals surface area contributed by atoms with Crippen molar-refractivity contribution < 1.29 is 4.79 Å². The summed E-state index contributed by atoms with van der Waals surface area (Å²) in [6, 6.07) is 9.74. The van der Waals surface area contributed by atoms with E-state index in [0.29, 0.717) is 12.0 Å². The van der Waals surface area contributed by atoms with Crippen LogP contribution in [0.4, 0.5) is 0 Å². The number of carbonyl (C=O) groups excluding carboxylic acids is 1. The van der Waals surface area contributed by atoms with Gasteiger partial charge in [0.15, 0.2) is 5.78 Å². The first-order chi connectivity index (χ1) is 8.31. The van der Waals surface area contributed by atoms with Crippen LogP contribution in [0, 0.1) is 0 Å². The topological polar surface area (TPSA) is 42.0 Å². The molecule has 0 amide bonds. The summed E-state index contributed by atoms with van der Waals surface area (Å²) in [6.07, 6.45) is 2.18. The van der Waals surface area contributed by atoms with Gasteiger partial charge in [0.25, 0.3) is 0 Å². The van der Waals surface area contributed by atoms with E-state index in [4.69, 9.17) is 0 Å². The van der Waals surface area contributed by atoms with Gasteiger partial charge in [-0.1, -0.05) is 25.1 Å². The van der Waals surface area contributed by atoms with E-state index in [1.807, 2.05) is 37.3 Å². The van der Waals surface area contributed by atoms with Gasteiger partial charge in [0.05, 0.1) is 5.52 Å². The number of nitrogens with zero attached hydrogens (tertiary/aromatic N) is 1. The molecule has 3 heteroatoms. The minimum atomic E-state index is 0.143. The van der Waals surface area contributed by atoms with E-state index in [-0.39, 0.29) is 5.78 Å². The van der Waals surface area contributed by atoms with E-state index in [1.165, 1.54) is 0 Å². The average molecular weight is 228 g/mol. The van der Waals surface area contributed by atoms with Gasteiger partial charge in [-0.25, -0.2) is 0 Å². The fourth-order valence-electron chi connectivity index (χ4n) is 1.75. The Balaban J connectivity index is 2.15. The highest BCUT2D eigenvalue weighted by Crippen LogP contribution is 2.13. The molecule has 17 heavy (non-hydrogen) atoms. The van der Waals surface area contributed by atoms with Gasteiger partial charge in [0, 0.05) is 30.1 Å². The first kappa shape index (κ1) is 11.7. The highest BCUT2D eigenvalue weighted by atomic mass is 16.1. The molecule has 2 rings (SSSR count). The molecule has 1 N–H and O–H groups in total. The van der Waals surface area contributed by atoms with Crippen molar-refractivity contribution in [3.05, 3.63) is 42.1 Å². The van der Waals surface area contributed by atoms with E-state index in [2.05, 4.69) is 10.3 Å². The van der Waals surface area contributed by atoms with Gasteiger partial charge in [-0.05, 0) is 18.7 Å². The number of nitrogens with one attached hydrogen (secondary N) is 1. The molecule has 0 radical (unpaired) electrons. The van der Waals surface area contributed by atoms with E-state index >= 15 is 0 Å². The third-order valence-corrected chi connectivity index (χ3v) is 2.69. The molecule has 3 nitrogen and oxygen atoms in total. The smallest absolute Gasteiger partial charge is 0.165 e. The predicted octanol–water partition coefficient (Wildman–Crippen LogP) is 2.42. The Labute approximate surface area is 101 Å². The number of ketones is 1. The molecule has 88 valence electrons. The number of rotatable bonds is 5. The van der Waals surface area contributed by atoms with Crippen molar-refractivity contribution in [1.29, 1.82) is 0 Å². The van der Waals surface area contributed by atoms with Gasteiger partial charge in [-0.15, -0.1) is 0 Å². The van der Waals surface area contributed by atoms with Crippen LogP contribution >= 0.6 is 0 Å². The number of carbonyl (C=O) groups is 1. The van der Waals surface area contributed by atoms with Gasteiger partial charge >= 0.3 is 0 Å². The molecule has 0 bridgehead atoms. The summed E-state index contributed by atoms with van der Waals surface area (Å²) < 4.78 is 0. The molecule has 1 heterocycles. The lowest BCUT2D eigenvalue weighted by Crippen LogP contribution is -2.17. The number of hydrogen-bond donors (Lipinski definition) is 1. The van der Waals surface area contributed by atoms with Crippen LogP contribution in [0.1, 0.15) is 23.7 Å². The highest BCUT2D eigenvalue weighted by molar-refractivity contribution is 5.98. The zero-order valence-corrected chi connectivity index (χ0v) is 9.94. The largest absolute Gasteiger partial charge is 0.317 e. The Morgan fingerprint density at radius 3 is 3.00 bits per heavy atom. The standard InChI is InChI=1S/C14H16N2O/c1-2-15-8-7-14(17)12-9-11-5-3-4-6-13(11)16-10-12/h3-6,9-10,15H,2,7-8H2,1H3. The molecule has 0 spiro atoms. The van der Waals surface area contributed by atoms with E-state index in [9.17, 15) is 4.79 Å². The molecule has 2 aromatic rings. The van der Waals surface area contributed by atoms with E-state index in [0.717, 1.165) is 24.0 Å². The number of Topliss-reactive ketones (excluding diaryl/α,β-unsaturated/α-hetero) is 1. The van der Waals surface area contributed by atoms with Crippen LogP contribution in [0.5, 0.6) is 0 Å². The minimum absolute atomic E-state index is 0.143. The summed E-state index contributed by atoms with van der Waals surface area (Å²) in [5.41, 5.74) is 1.62. The Kier molecular flexibility index (Phi) is 3.83. The first-order valence-corrected chi connectivity index (χ1v) is 5.90. The van der Waals surface area contributed by atoms with Crippen LogP contribution in [0.25, 0.3) is 10.9 Å². The maximum Gasteiger partial charge on any atom is 0.165 e. The second-order valence-electron chi connectivity index (χ2n) is 3.94. The van der Waals surface area contributed by atoms with Crippen LogP contribution in [0.3, 0.4) is 0 Å². The Hall–Kier alpha value is -1.74. The monoisotopic (exact) mass is 228 g/mol. The van der Waals surface area contributed by atoms with Crippen molar-refractivity contribution in [3.63, 3.8) is 0 Å². The van der Waals surface area contributed by atoms with Gasteiger partial charge in [-0.2, -0.15) is 0 Å². The van der Waals surface area contributed by atoms with Crippen LogP contribution in [0.2, 0.25) is 0 Å². The van der Waals surface area contributed by atoms with Crippen molar-refractivity contribution in [2.24, 2.45) is 0 Å². The van der Waals surface area contributed by atoms with Crippen molar-refractivity contribution in [2.75, 3.05) is 13.1 Å². The summed E-state index contributed by atoms with van der Waals surface area (Å²) >= 11 is 0. The maximum atomic E-state index is 11.9. The molecule has 0 saturated heterocycles. The van der Waals surface area contributed by atoms with Gasteiger partial charge in [0.2, 0.25) is 0 Å². The van der Waals surface area contributed by atoms with Crippen molar-refractivity contribution in [3.8, 4) is 0 Å². The second-order valence-corrected chi connectivity index (χ2v) is 3.94. The SMILES string of the molecule is CCNCCC(=O)c1cnc2ccccc2c1. The Morgan fingerprint density at radius 1 is 1.35 bits per heavy atom. The normalized spacial score (nSPS) is 10.6. The number of hydrogen-bond acceptors (Lipinski definition) is 3. The number of fused-ring (bicyclic) bond motifs is 1. The Morgan fingerprint density at radius 2 is 2.18 bits per heavy atom. The number of benzene rings is 1. The fraction of sp³-hybridized carbons (Fsp3) is 0.286. The van der Waals surface area contributed by atoms with Crippen molar-refractivity contribution in [2.45, 2.75) is 13.3 Å². The molecule has 0 atom stereocenters. The highest BCUT2D eigenvalue weighted by Gasteiger charge is 2.06. The Bertz CT molecular complexity index is 522. The molecule has 1 aromatic carbocycles. The average Bonchev–Trinajstić information content (AvgIpc) is 2.38. The van der Waals surface area contributed by atoms with Crippen LogP contribution in [-0.4, -0.2) is 23.9 Å². The summed E-state index contributed by atoms with van der Waals surface area (Å²) in [6.45, 7) is 3.65. The molecule has 1 aromatic heterocycles. The second kappa shape index (κ2) is 5.55. The third kappa shape index (κ3) is 2.88. The molecule has 0 aliphatic carbocycles. The number of para-hydroxylation sites is 1. The fourth-order valence-corrected chi connectivity index (χ4v) is 1.75. The summed E-state index contributed by atoms with van der Waals surface area (Å²) in [5.74, 6) is 0.143. The van der Waals surface area contributed by atoms with Gasteiger partial charge < -0.3 is 5.32 Å². The molecule has 0 saturated carbocycles. The lowest BCUT2D eigenvalue weighted by molar-refractivity contribution is 0.0982. The molecular formula is C14H16N2O. The van der Waals surface area contributed by atoms with Crippen LogP contribution in [0.15, 0.2) is 36.5 Å². The van der Waals surface area contributed by atoms with Crippen LogP contribution < -0.4 is 5.32 Å². The summed E-state index contributed by atoms with van der Waals surface area (Å²) in [5, 5.41) is 4.16. The summed E-state index contributed by atoms with van der Waals surface area (Å²) in [4.78, 5) is 16.2. The maximum absolute atomic E-state index is 11.9. The van der Waals surface area contributed by atoms with E-state index < -0.39 is 0 Å². The quantitative estimate of drug-likeness (QED) is 0.631. The zero-order chi connectivity index (χ0) is 12.1. The minimum Gasteiger partial charge on any atom is -0.317 e. The molecule has 0 unspecified atom stereocenters. The summed E-state index contributed by atoms with van der Waals surface area (Å²) in [7, 11) is 0. The molecule has 0 fully saturated rings. The first-order valence-electron chi connectivity index (χ1n) is 5.90. The lowest BCUT2D eigenvalue weighted by Gasteiger charge is -2.03. The van der Waals surface area contributed by atoms with Crippen molar-refractivity contribution in [1.82, 2.24) is 10.3 Å². The van der Waals surface area contributed by atoms with Gasteiger partial charge in [-0.3, -0.25) is 9.78 Å². The molecule has 0 aliphatic heterocycles. The number of pyridine rings is 1. The molecular weight excluding hydrogens is 212 g/mol. The number of aromatic nitrogens is 1. The molecule has 0 aliphatic rings. The van der Waals surface area contributed by atoms with Gasteiger partial charge in [0.1, 0.15) is 0 Å². The lowest BCUT2D eigenvalue weighted by atomic mass is 10.1. The zero-order valence-electron chi connectivity index (χ0n) is 9.94. The third-order valence-electron chi connectivity index (χ3n) is 2.69.